The molecule has 4 N–H and O–H groups in total. The van der Waals surface area contributed by atoms with Crippen molar-refractivity contribution in [1.82, 2.24) is 29.9 Å². The van der Waals surface area contributed by atoms with Gasteiger partial charge in [-0.1, -0.05) is 0 Å². The zero-order chi connectivity index (χ0) is 46.9. The first-order valence-electron chi connectivity index (χ1n) is 24.0. The second-order valence-electron chi connectivity index (χ2n) is 19.4. The van der Waals surface area contributed by atoms with Crippen LogP contribution in [0.3, 0.4) is 0 Å². The van der Waals surface area contributed by atoms with E-state index >= 15 is 0 Å². The molecule has 69 heavy (non-hydrogen) atoms. The summed E-state index contributed by atoms with van der Waals surface area (Å²) in [5, 5.41) is 0. The van der Waals surface area contributed by atoms with Crippen molar-refractivity contribution in [2.75, 3.05) is 95.0 Å². The Morgan fingerprint density at radius 1 is 0.609 bits per heavy atom. The Bertz CT molecular complexity index is 2510. The number of nitrogens with zero attached hydrogens (tertiary/aromatic N) is 14. The quantitative estimate of drug-likeness (QED) is 0.294. The molecule has 20 nitrogen and oxygen atoms in total. The minimum atomic E-state index is -0.0133. The van der Waals surface area contributed by atoms with Crippen molar-refractivity contribution in [2.24, 2.45) is 32.3 Å². The van der Waals surface area contributed by atoms with Crippen LogP contribution < -0.4 is 40.9 Å². The summed E-state index contributed by atoms with van der Waals surface area (Å²) in [6, 6.07) is 7.82. The molecule has 12 rings (SSSR count). The van der Waals surface area contributed by atoms with Crippen LogP contribution in [-0.2, 0) is 32.2 Å². The first kappa shape index (κ1) is 46.8. The van der Waals surface area contributed by atoms with Gasteiger partial charge in [0.1, 0.15) is 23.0 Å². The highest BCUT2D eigenvalue weighted by Gasteiger charge is 2.49. The van der Waals surface area contributed by atoms with Crippen LogP contribution in [0.15, 0.2) is 59.0 Å². The number of rotatable bonds is 2. The van der Waals surface area contributed by atoms with Gasteiger partial charge in [-0.15, -0.1) is 12.4 Å². The van der Waals surface area contributed by atoms with E-state index in [4.69, 9.17) is 50.9 Å². The molecule has 12 heterocycles. The highest BCUT2D eigenvalue weighted by molar-refractivity contribution is 6.14. The molecular weight excluding hydrogens is 900 g/mol. The molecule has 0 saturated carbocycles. The molecule has 4 aromatic rings. The van der Waals surface area contributed by atoms with Gasteiger partial charge < -0.3 is 45.4 Å². The molecule has 0 aliphatic carbocycles. The molecule has 21 heteroatoms. The van der Waals surface area contributed by atoms with Gasteiger partial charge >= 0.3 is 0 Å². The highest BCUT2D eigenvalue weighted by Crippen LogP contribution is 2.44. The standard InChI is InChI=1S/2C24H30N8O2.ClH/c1-15-21(25)24(14-34-15)5-8-30(9-6-24)19-13-27-20-17(29-19)12-28-23(20)32-11-10-31(16(2)33)22-18(32)4-3-7-26-22;1-15-21(25)24(14-34-15)5-8-30(9-6-24)19-13-27-20-17(29-19)12-28-23(20)32-11-10-31(16(2)33)18-4-3-7-26-22(18)32;/h2*3-4,7,13,15,21H,5-6,8-12,14,25H2,1-2H3;1H/t2*15-,21+;/m00./s1. The maximum Gasteiger partial charge on any atom is 0.225 e. The van der Waals surface area contributed by atoms with Crippen molar-refractivity contribution in [1.29, 1.82) is 0 Å². The number of pyridine rings is 2. The number of hydrogen-bond acceptors (Lipinski definition) is 18. The summed E-state index contributed by atoms with van der Waals surface area (Å²) in [5.41, 5.74) is 18.2. The summed E-state index contributed by atoms with van der Waals surface area (Å²) in [5.74, 6) is 4.75. The Balaban J connectivity index is 0.000000158. The average Bonchev–Trinajstić information content (AvgIpc) is 4.13. The largest absolute Gasteiger partial charge is 0.376 e. The Hall–Kier alpha value is -5.93. The van der Waals surface area contributed by atoms with Crippen molar-refractivity contribution in [3.8, 4) is 0 Å². The van der Waals surface area contributed by atoms with E-state index in [9.17, 15) is 9.59 Å². The predicted octanol–water partition coefficient (Wildman–Crippen LogP) is 3.10. The van der Waals surface area contributed by atoms with Crippen molar-refractivity contribution in [3.63, 3.8) is 0 Å². The number of amidine groups is 2. The molecule has 4 fully saturated rings. The third-order valence-corrected chi connectivity index (χ3v) is 15.7. The van der Waals surface area contributed by atoms with E-state index in [1.165, 1.54) is 0 Å². The minimum absolute atomic E-state index is 0. The molecule has 8 aliphatic rings. The van der Waals surface area contributed by atoms with Crippen LogP contribution in [0.1, 0.15) is 76.2 Å². The summed E-state index contributed by atoms with van der Waals surface area (Å²) in [4.78, 5) is 74.5. The van der Waals surface area contributed by atoms with Crippen LogP contribution in [0.4, 0.5) is 34.6 Å². The molecule has 4 saturated heterocycles. The van der Waals surface area contributed by atoms with Crippen LogP contribution in [-0.4, -0.2) is 143 Å². The van der Waals surface area contributed by atoms with Gasteiger partial charge in [-0.2, -0.15) is 0 Å². The van der Waals surface area contributed by atoms with Gasteiger partial charge in [-0.05, 0) is 63.8 Å². The average molecular weight is 962 g/mol. The monoisotopic (exact) mass is 960 g/mol. The molecule has 2 amide bonds. The van der Waals surface area contributed by atoms with Gasteiger partial charge in [-0.3, -0.25) is 24.5 Å². The van der Waals surface area contributed by atoms with Gasteiger partial charge in [0.05, 0.1) is 73.7 Å². The van der Waals surface area contributed by atoms with Crippen LogP contribution in [0.2, 0.25) is 0 Å². The van der Waals surface area contributed by atoms with Crippen LogP contribution in [0.5, 0.6) is 0 Å². The van der Waals surface area contributed by atoms with Gasteiger partial charge in [0.25, 0.3) is 0 Å². The van der Waals surface area contributed by atoms with E-state index in [0.29, 0.717) is 45.1 Å². The normalized spacial score (nSPS) is 25.0. The topological polar surface area (TPSA) is 226 Å². The summed E-state index contributed by atoms with van der Waals surface area (Å²) in [6.45, 7) is 15.8. The number of nitrogens with two attached hydrogens (primary N) is 2. The van der Waals surface area contributed by atoms with Gasteiger partial charge in [0.15, 0.2) is 23.3 Å². The fourth-order valence-electron chi connectivity index (χ4n) is 11.4. The van der Waals surface area contributed by atoms with Crippen molar-refractivity contribution < 1.29 is 19.1 Å². The van der Waals surface area contributed by atoms with E-state index in [1.54, 1.807) is 36.0 Å². The number of carbonyl (C=O) groups is 2. The van der Waals surface area contributed by atoms with E-state index in [2.05, 4.69) is 43.4 Å². The van der Waals surface area contributed by atoms with E-state index in [-0.39, 0.29) is 59.3 Å². The molecular formula is C48H61ClN16O4. The number of halogens is 1. The predicted molar refractivity (Wildman–Crippen MR) is 266 cm³/mol. The van der Waals surface area contributed by atoms with Crippen LogP contribution in [0, 0.1) is 10.8 Å². The Morgan fingerprint density at radius 2 is 1.07 bits per heavy atom. The third kappa shape index (κ3) is 8.12. The Kier molecular flexibility index (Phi) is 12.5. The number of hydrogen-bond donors (Lipinski definition) is 2. The number of carbonyl (C=O) groups excluding carboxylic acids is 2. The first-order valence-corrected chi connectivity index (χ1v) is 24.0. The highest BCUT2D eigenvalue weighted by atomic mass is 35.5. The maximum absolute atomic E-state index is 12.1. The summed E-state index contributed by atoms with van der Waals surface area (Å²) in [7, 11) is 0. The van der Waals surface area contributed by atoms with Gasteiger partial charge in [0.2, 0.25) is 11.8 Å². The van der Waals surface area contributed by atoms with Crippen LogP contribution in [0.25, 0.3) is 0 Å². The molecule has 4 aromatic heterocycles. The lowest BCUT2D eigenvalue weighted by atomic mass is 9.73. The SMILES string of the molecule is CC(=O)N1CCN(C2=NCc3nc(N4CCC5(CC4)CO[C@@H](C)[C@H]5N)cnc32)c2cccnc21.CC(=O)N1CCN(C2=NCc3nc(N4CCC5(CC4)CO[C@@H](C)[C@H]5N)cnc32)c2ncccc21.Cl. The molecule has 0 bridgehead atoms. The van der Waals surface area contributed by atoms with Crippen molar-refractivity contribution >= 4 is 70.5 Å². The zero-order valence-corrected chi connectivity index (χ0v) is 40.5. The number of aromatic nitrogens is 6. The Morgan fingerprint density at radius 3 is 1.57 bits per heavy atom. The smallest absolute Gasteiger partial charge is 0.225 e. The Labute approximate surface area is 408 Å². The molecule has 2 spiro atoms. The van der Waals surface area contributed by atoms with Crippen LogP contribution >= 0.6 is 12.4 Å². The molecule has 0 unspecified atom stereocenters. The van der Waals surface area contributed by atoms with E-state index in [0.717, 1.165) is 128 Å². The molecule has 8 aliphatic heterocycles. The van der Waals surface area contributed by atoms with E-state index in [1.807, 2.05) is 36.7 Å². The lowest BCUT2D eigenvalue weighted by Gasteiger charge is -2.41. The zero-order valence-electron chi connectivity index (χ0n) is 39.7. The third-order valence-electron chi connectivity index (χ3n) is 15.7. The second kappa shape index (κ2) is 18.4. The van der Waals surface area contributed by atoms with Gasteiger partial charge in [-0.25, -0.2) is 29.9 Å². The first-order chi connectivity index (χ1) is 32.9. The number of ether oxygens (including phenoxy) is 2. The second-order valence-corrected chi connectivity index (χ2v) is 19.4. The van der Waals surface area contributed by atoms with Gasteiger partial charge in [0, 0.05) is 102 Å². The number of anilines is 6. The lowest BCUT2D eigenvalue weighted by molar-refractivity contribution is -0.117. The lowest BCUT2D eigenvalue weighted by Crippen LogP contribution is -2.50. The summed E-state index contributed by atoms with van der Waals surface area (Å²) >= 11 is 0. The summed E-state index contributed by atoms with van der Waals surface area (Å²) in [6.07, 6.45) is 11.4. The van der Waals surface area contributed by atoms with Crippen molar-refractivity contribution in [2.45, 2.75) is 90.8 Å². The van der Waals surface area contributed by atoms with E-state index < -0.39 is 0 Å². The molecule has 364 valence electrons. The maximum atomic E-state index is 12.1. The van der Waals surface area contributed by atoms with Crippen molar-refractivity contribution in [3.05, 3.63) is 71.8 Å². The number of fused-ring (bicyclic) bond motifs is 4. The number of aliphatic imine (C=N–C) groups is 2. The fourth-order valence-corrected chi connectivity index (χ4v) is 11.4. The molecule has 0 aromatic carbocycles. The minimum Gasteiger partial charge on any atom is -0.376 e. The summed E-state index contributed by atoms with van der Waals surface area (Å²) < 4.78 is 11.7. The number of piperidine rings is 2. The fraction of sp³-hybridized carbons (Fsp3) is 0.542. The number of amides is 2. The molecule has 0 radical (unpaired) electrons. The molecule has 4 atom stereocenters.